The minimum Gasteiger partial charge on any atom is -0.358 e. The Hall–Kier alpha value is -2.14. The number of sulfonamides is 1. The van der Waals surface area contributed by atoms with Crippen LogP contribution in [0.1, 0.15) is 0 Å². The second kappa shape index (κ2) is 5.46. The maximum Gasteiger partial charge on any atom is 0.363 e. The summed E-state index contributed by atoms with van der Waals surface area (Å²) in [5.41, 5.74) is 0. The summed E-state index contributed by atoms with van der Waals surface area (Å²) in [6.45, 7) is 0. The van der Waals surface area contributed by atoms with E-state index >= 15 is 0 Å². The number of nitrogens with zero attached hydrogens (tertiary/aromatic N) is 4. The lowest BCUT2D eigenvalue weighted by molar-refractivity contribution is -0.389. The predicted molar refractivity (Wildman–Crippen MR) is 71.4 cm³/mol. The zero-order valence-corrected chi connectivity index (χ0v) is 12.0. The van der Waals surface area contributed by atoms with E-state index in [1.54, 1.807) is 0 Å². The zero-order chi connectivity index (χ0) is 14.8. The van der Waals surface area contributed by atoms with Crippen LogP contribution >= 0.6 is 15.9 Å². The third-order valence-corrected chi connectivity index (χ3v) is 3.83. The Kier molecular flexibility index (Phi) is 3.90. The fraction of sp³-hybridized carbons (Fsp3) is 0. The SMILES string of the molecule is O=[N+]([O-])c1ccc(S(=O)(=O)Nc2cnc(Br)cn2)cn1. The maximum atomic E-state index is 12.0. The number of aromatic nitrogens is 3. The highest BCUT2D eigenvalue weighted by Gasteiger charge is 2.18. The van der Waals surface area contributed by atoms with Gasteiger partial charge in [0.15, 0.2) is 12.0 Å². The summed E-state index contributed by atoms with van der Waals surface area (Å²) in [7, 11) is -3.92. The molecule has 0 unspecified atom stereocenters. The summed E-state index contributed by atoms with van der Waals surface area (Å²) in [4.78, 5) is 20.6. The molecule has 0 saturated heterocycles. The number of anilines is 1. The Morgan fingerprint density at radius 1 is 1.15 bits per heavy atom. The van der Waals surface area contributed by atoms with Gasteiger partial charge in [-0.1, -0.05) is 0 Å². The molecule has 0 atom stereocenters. The number of hydrogen-bond donors (Lipinski definition) is 1. The normalized spacial score (nSPS) is 11.1. The third-order valence-electron chi connectivity index (χ3n) is 2.08. The molecule has 2 aromatic rings. The van der Waals surface area contributed by atoms with Gasteiger partial charge in [-0.05, 0) is 31.9 Å². The summed E-state index contributed by atoms with van der Waals surface area (Å²) in [5, 5.41) is 10.4. The lowest BCUT2D eigenvalue weighted by atomic mass is 10.5. The lowest BCUT2D eigenvalue weighted by Crippen LogP contribution is -2.14. The molecular weight excluding hydrogens is 354 g/mol. The second-order valence-electron chi connectivity index (χ2n) is 3.44. The summed E-state index contributed by atoms with van der Waals surface area (Å²) >= 11 is 3.07. The molecule has 2 heterocycles. The number of pyridine rings is 1. The average molecular weight is 360 g/mol. The molecule has 11 heteroatoms. The van der Waals surface area contributed by atoms with Gasteiger partial charge in [-0.2, -0.15) is 0 Å². The molecule has 0 amide bonds. The molecule has 9 nitrogen and oxygen atoms in total. The summed E-state index contributed by atoms with van der Waals surface area (Å²) in [6.07, 6.45) is 3.44. The number of hydrogen-bond acceptors (Lipinski definition) is 7. The maximum absolute atomic E-state index is 12.0. The first-order chi connectivity index (χ1) is 9.38. The van der Waals surface area contributed by atoms with Crippen molar-refractivity contribution in [2.45, 2.75) is 4.90 Å². The van der Waals surface area contributed by atoms with Crippen LogP contribution in [0.5, 0.6) is 0 Å². The molecule has 20 heavy (non-hydrogen) atoms. The van der Waals surface area contributed by atoms with Gasteiger partial charge in [-0.25, -0.2) is 18.4 Å². The highest BCUT2D eigenvalue weighted by atomic mass is 79.9. The number of nitrogens with one attached hydrogen (secondary N) is 1. The molecule has 2 rings (SSSR count). The number of halogens is 1. The van der Waals surface area contributed by atoms with E-state index in [-0.39, 0.29) is 10.7 Å². The minimum atomic E-state index is -3.92. The molecule has 104 valence electrons. The van der Waals surface area contributed by atoms with E-state index in [0.29, 0.717) is 4.60 Å². The monoisotopic (exact) mass is 359 g/mol. The van der Waals surface area contributed by atoms with E-state index in [0.717, 1.165) is 18.3 Å². The lowest BCUT2D eigenvalue weighted by Gasteiger charge is -2.05. The van der Waals surface area contributed by atoms with Crippen LogP contribution in [-0.2, 0) is 10.0 Å². The molecule has 1 N–H and O–H groups in total. The van der Waals surface area contributed by atoms with Crippen molar-refractivity contribution in [3.8, 4) is 0 Å². The van der Waals surface area contributed by atoms with Crippen molar-refractivity contribution in [2.75, 3.05) is 4.72 Å². The Morgan fingerprint density at radius 3 is 2.40 bits per heavy atom. The first-order valence-corrected chi connectivity index (χ1v) is 7.27. The molecule has 0 fully saturated rings. The summed E-state index contributed by atoms with van der Waals surface area (Å²) < 4.78 is 26.6. The number of nitro groups is 1. The zero-order valence-electron chi connectivity index (χ0n) is 9.59. The van der Waals surface area contributed by atoms with E-state index < -0.39 is 20.8 Å². The van der Waals surface area contributed by atoms with Crippen LogP contribution in [0.2, 0.25) is 0 Å². The molecule has 0 spiro atoms. The van der Waals surface area contributed by atoms with Gasteiger partial charge in [0.1, 0.15) is 9.50 Å². The van der Waals surface area contributed by atoms with Gasteiger partial charge >= 0.3 is 5.82 Å². The van der Waals surface area contributed by atoms with Crippen molar-refractivity contribution >= 4 is 37.6 Å². The van der Waals surface area contributed by atoms with Gasteiger partial charge in [-0.15, -0.1) is 0 Å². The van der Waals surface area contributed by atoms with Crippen LogP contribution < -0.4 is 4.72 Å². The van der Waals surface area contributed by atoms with E-state index in [2.05, 4.69) is 35.6 Å². The smallest absolute Gasteiger partial charge is 0.358 e. The van der Waals surface area contributed by atoms with Gasteiger partial charge in [0, 0.05) is 6.07 Å². The van der Waals surface area contributed by atoms with Gasteiger partial charge in [0.25, 0.3) is 10.0 Å². The van der Waals surface area contributed by atoms with E-state index in [1.807, 2.05) is 0 Å². The largest absolute Gasteiger partial charge is 0.363 e. The highest BCUT2D eigenvalue weighted by molar-refractivity contribution is 9.10. The quantitative estimate of drug-likeness (QED) is 0.644. The molecular formula is C9H6BrN5O4S. The Bertz CT molecular complexity index is 732. The van der Waals surface area contributed by atoms with Crippen LogP contribution in [0.15, 0.2) is 40.2 Å². The van der Waals surface area contributed by atoms with Crippen molar-refractivity contribution in [2.24, 2.45) is 0 Å². The summed E-state index contributed by atoms with van der Waals surface area (Å²) in [6, 6.07) is 2.08. The van der Waals surface area contributed by atoms with Crippen LogP contribution in [0.25, 0.3) is 0 Å². The fourth-order valence-corrected chi connectivity index (χ4v) is 2.34. The van der Waals surface area contributed by atoms with Gasteiger partial charge in [-0.3, -0.25) is 4.72 Å². The van der Waals surface area contributed by atoms with Gasteiger partial charge < -0.3 is 10.1 Å². The van der Waals surface area contributed by atoms with Crippen molar-refractivity contribution in [1.29, 1.82) is 0 Å². The first kappa shape index (κ1) is 14.3. The standard InChI is InChI=1S/C9H6BrN5O4S/c10-7-4-12-8(5-11-7)14-20(18,19)6-1-2-9(13-3-6)15(16)17/h1-5H,(H,12,14). The van der Waals surface area contributed by atoms with E-state index in [4.69, 9.17) is 0 Å². The van der Waals surface area contributed by atoms with E-state index in [1.165, 1.54) is 12.4 Å². The van der Waals surface area contributed by atoms with Gasteiger partial charge in [0.2, 0.25) is 0 Å². The average Bonchev–Trinajstić information content (AvgIpc) is 2.41. The molecule has 0 saturated carbocycles. The number of rotatable bonds is 4. The predicted octanol–water partition coefficient (Wildman–Crippen LogP) is 1.34. The van der Waals surface area contributed by atoms with E-state index in [9.17, 15) is 18.5 Å². The fourth-order valence-electron chi connectivity index (χ4n) is 1.20. The topological polar surface area (TPSA) is 128 Å². The molecule has 0 aliphatic rings. The molecule has 0 bridgehead atoms. The Balaban J connectivity index is 2.26. The second-order valence-corrected chi connectivity index (χ2v) is 5.93. The van der Waals surface area contributed by atoms with Crippen molar-refractivity contribution in [1.82, 2.24) is 15.0 Å². The van der Waals surface area contributed by atoms with Crippen LogP contribution in [0.4, 0.5) is 11.6 Å². The van der Waals surface area contributed by atoms with Crippen LogP contribution in [-0.4, -0.2) is 28.3 Å². The Morgan fingerprint density at radius 2 is 1.90 bits per heavy atom. The van der Waals surface area contributed by atoms with Crippen molar-refractivity contribution in [3.63, 3.8) is 0 Å². The third kappa shape index (κ3) is 3.24. The van der Waals surface area contributed by atoms with Gasteiger partial charge in [0.05, 0.1) is 12.4 Å². The van der Waals surface area contributed by atoms with Crippen molar-refractivity contribution < 1.29 is 13.3 Å². The molecule has 0 radical (unpaired) electrons. The summed E-state index contributed by atoms with van der Waals surface area (Å²) in [5.74, 6) is -0.418. The molecule has 0 aliphatic heterocycles. The van der Waals surface area contributed by atoms with Crippen LogP contribution in [0.3, 0.4) is 0 Å². The Labute approximate surface area is 121 Å². The minimum absolute atomic E-state index is 0.0200. The first-order valence-electron chi connectivity index (χ1n) is 4.99. The van der Waals surface area contributed by atoms with Crippen LogP contribution in [0, 0.1) is 10.1 Å². The molecule has 2 aromatic heterocycles. The molecule has 0 aliphatic carbocycles. The molecule has 0 aromatic carbocycles. The highest BCUT2D eigenvalue weighted by Crippen LogP contribution is 2.16. The van der Waals surface area contributed by atoms with Crippen molar-refractivity contribution in [3.05, 3.63) is 45.4 Å².